The quantitative estimate of drug-likeness (QED) is 0.503. The second-order valence-corrected chi connectivity index (χ2v) is 7.99. The van der Waals surface area contributed by atoms with Crippen LogP contribution in [0.4, 0.5) is 0 Å². The normalized spacial score (nSPS) is 14.8. The van der Waals surface area contributed by atoms with Crippen LogP contribution < -0.4 is 0 Å². The van der Waals surface area contributed by atoms with Crippen molar-refractivity contribution >= 4 is 39.9 Å². The fourth-order valence-corrected chi connectivity index (χ4v) is 4.62. The molecule has 0 aliphatic carbocycles. The molecule has 0 N–H and O–H groups in total. The van der Waals surface area contributed by atoms with Crippen molar-refractivity contribution in [1.29, 1.82) is 0 Å². The molecule has 0 atom stereocenters. The summed E-state index contributed by atoms with van der Waals surface area (Å²) in [5.41, 5.74) is 0.925. The van der Waals surface area contributed by atoms with Crippen LogP contribution in [0.1, 0.15) is 19.3 Å². The Bertz CT molecular complexity index is 874. The molecule has 1 aromatic carbocycles. The monoisotopic (exact) mass is 369 g/mol. The van der Waals surface area contributed by atoms with Crippen molar-refractivity contribution in [2.75, 3.05) is 18.8 Å². The molecule has 6 heteroatoms. The van der Waals surface area contributed by atoms with Gasteiger partial charge in [-0.05, 0) is 36.8 Å². The molecule has 2 aromatic heterocycles. The molecule has 0 saturated carbocycles. The average Bonchev–Trinajstić information content (AvgIpc) is 3.21. The number of fused-ring (bicyclic) bond motifs is 1. The number of rotatable bonds is 4. The lowest BCUT2D eigenvalue weighted by atomic mass is 10.1. The molecule has 0 radical (unpaired) electrons. The highest BCUT2D eigenvalue weighted by Gasteiger charge is 2.18. The van der Waals surface area contributed by atoms with Crippen LogP contribution in [0.25, 0.3) is 21.6 Å². The van der Waals surface area contributed by atoms with Crippen molar-refractivity contribution in [3.05, 3.63) is 41.8 Å². The topological polar surface area (TPSA) is 46.1 Å². The molecule has 4 rings (SSSR count). The molecule has 3 aromatic rings. The second kappa shape index (κ2) is 7.54. The standard InChI is InChI=1S/C19H19N3OS2/c23-17(22-10-4-1-5-11-22)13-25-19-14-7-2-3-8-15(14)20-18(21-19)16-9-6-12-24-16/h2-3,6-9,12H,1,4-5,10-11,13H2. The smallest absolute Gasteiger partial charge is 0.232 e. The molecular formula is C19H19N3OS2. The maximum Gasteiger partial charge on any atom is 0.232 e. The summed E-state index contributed by atoms with van der Waals surface area (Å²) in [7, 11) is 0. The maximum atomic E-state index is 12.5. The fourth-order valence-electron chi connectivity index (χ4n) is 3.04. The first-order chi connectivity index (χ1) is 12.3. The molecule has 25 heavy (non-hydrogen) atoms. The zero-order valence-corrected chi connectivity index (χ0v) is 15.5. The van der Waals surface area contributed by atoms with E-state index in [9.17, 15) is 4.79 Å². The van der Waals surface area contributed by atoms with Crippen LogP contribution >= 0.6 is 23.1 Å². The Balaban J connectivity index is 1.60. The summed E-state index contributed by atoms with van der Waals surface area (Å²) in [6.45, 7) is 1.79. The summed E-state index contributed by atoms with van der Waals surface area (Å²) in [5.74, 6) is 1.39. The number of piperidine rings is 1. The minimum atomic E-state index is 0.213. The molecule has 128 valence electrons. The molecule has 1 aliphatic heterocycles. The highest BCUT2D eigenvalue weighted by Crippen LogP contribution is 2.30. The van der Waals surface area contributed by atoms with Gasteiger partial charge in [-0.25, -0.2) is 9.97 Å². The molecule has 0 spiro atoms. The van der Waals surface area contributed by atoms with Gasteiger partial charge in [0, 0.05) is 18.5 Å². The Hall–Kier alpha value is -1.92. The van der Waals surface area contributed by atoms with Crippen LogP contribution in [-0.2, 0) is 4.79 Å². The molecule has 1 fully saturated rings. The fraction of sp³-hybridized carbons (Fsp3) is 0.316. The van der Waals surface area contributed by atoms with Gasteiger partial charge in [0.1, 0.15) is 5.03 Å². The summed E-state index contributed by atoms with van der Waals surface area (Å²) in [4.78, 5) is 25.0. The molecule has 3 heterocycles. The van der Waals surface area contributed by atoms with Crippen molar-refractivity contribution in [3.63, 3.8) is 0 Å². The number of likely N-dealkylation sites (tertiary alicyclic amines) is 1. The third-order valence-electron chi connectivity index (χ3n) is 4.35. The van der Waals surface area contributed by atoms with Gasteiger partial charge in [0.15, 0.2) is 5.82 Å². The first-order valence-corrected chi connectivity index (χ1v) is 10.4. The van der Waals surface area contributed by atoms with E-state index in [-0.39, 0.29) is 5.91 Å². The van der Waals surface area contributed by atoms with Crippen LogP contribution in [0.3, 0.4) is 0 Å². The third-order valence-corrected chi connectivity index (χ3v) is 6.19. The third kappa shape index (κ3) is 3.70. The van der Waals surface area contributed by atoms with Crippen molar-refractivity contribution in [3.8, 4) is 10.7 Å². The maximum absolute atomic E-state index is 12.5. The van der Waals surface area contributed by atoms with Gasteiger partial charge in [-0.2, -0.15) is 0 Å². The van der Waals surface area contributed by atoms with Crippen LogP contribution in [0.2, 0.25) is 0 Å². The average molecular weight is 370 g/mol. The van der Waals surface area contributed by atoms with Crippen molar-refractivity contribution in [1.82, 2.24) is 14.9 Å². The van der Waals surface area contributed by atoms with Crippen molar-refractivity contribution in [2.45, 2.75) is 24.3 Å². The molecule has 1 saturated heterocycles. The number of thiophene rings is 1. The van der Waals surface area contributed by atoms with Crippen LogP contribution in [0, 0.1) is 0 Å². The van der Waals surface area contributed by atoms with Gasteiger partial charge < -0.3 is 4.90 Å². The van der Waals surface area contributed by atoms with E-state index in [1.807, 2.05) is 46.7 Å². The van der Waals surface area contributed by atoms with Gasteiger partial charge in [-0.15, -0.1) is 11.3 Å². The highest BCUT2D eigenvalue weighted by atomic mass is 32.2. The van der Waals surface area contributed by atoms with E-state index >= 15 is 0 Å². The number of para-hydroxylation sites is 1. The van der Waals surface area contributed by atoms with E-state index in [0.29, 0.717) is 5.75 Å². The number of carbonyl (C=O) groups is 1. The summed E-state index contributed by atoms with van der Waals surface area (Å²) < 4.78 is 0. The Morgan fingerprint density at radius 1 is 1.08 bits per heavy atom. The molecule has 1 amide bonds. The molecular weight excluding hydrogens is 350 g/mol. The zero-order chi connectivity index (χ0) is 17.1. The summed E-state index contributed by atoms with van der Waals surface area (Å²) in [5, 5.41) is 3.93. The summed E-state index contributed by atoms with van der Waals surface area (Å²) in [6, 6.07) is 12.0. The number of benzene rings is 1. The lowest BCUT2D eigenvalue weighted by molar-refractivity contribution is -0.129. The Labute approximate surface area is 155 Å². The van der Waals surface area contributed by atoms with E-state index < -0.39 is 0 Å². The number of carbonyl (C=O) groups excluding carboxylic acids is 1. The number of amides is 1. The minimum Gasteiger partial charge on any atom is -0.342 e. The number of aromatic nitrogens is 2. The van der Waals surface area contributed by atoms with E-state index in [1.54, 1.807) is 11.3 Å². The van der Waals surface area contributed by atoms with Crippen molar-refractivity contribution < 1.29 is 4.79 Å². The first-order valence-electron chi connectivity index (χ1n) is 8.52. The first kappa shape index (κ1) is 16.5. The van der Waals surface area contributed by atoms with E-state index in [4.69, 9.17) is 4.98 Å². The van der Waals surface area contributed by atoms with Gasteiger partial charge in [0.05, 0.1) is 16.1 Å². The van der Waals surface area contributed by atoms with Gasteiger partial charge in [0.2, 0.25) is 5.91 Å². The van der Waals surface area contributed by atoms with E-state index in [2.05, 4.69) is 4.98 Å². The molecule has 0 unspecified atom stereocenters. The predicted molar refractivity (Wildman–Crippen MR) is 104 cm³/mol. The Morgan fingerprint density at radius 2 is 1.92 bits per heavy atom. The Morgan fingerprint density at radius 3 is 2.72 bits per heavy atom. The molecule has 4 nitrogen and oxygen atoms in total. The highest BCUT2D eigenvalue weighted by molar-refractivity contribution is 8.00. The molecule has 0 bridgehead atoms. The Kier molecular flexibility index (Phi) is 4.99. The number of nitrogens with zero attached hydrogens (tertiary/aromatic N) is 3. The number of hydrogen-bond acceptors (Lipinski definition) is 5. The van der Waals surface area contributed by atoms with E-state index in [0.717, 1.165) is 52.6 Å². The number of thioether (sulfide) groups is 1. The van der Waals surface area contributed by atoms with E-state index in [1.165, 1.54) is 18.2 Å². The van der Waals surface area contributed by atoms with Crippen LogP contribution in [0.5, 0.6) is 0 Å². The zero-order valence-electron chi connectivity index (χ0n) is 13.9. The summed E-state index contributed by atoms with van der Waals surface area (Å²) >= 11 is 3.16. The SMILES string of the molecule is O=C(CSc1nc(-c2cccs2)nc2ccccc12)N1CCCCC1. The summed E-state index contributed by atoms with van der Waals surface area (Å²) in [6.07, 6.45) is 3.47. The van der Waals surface area contributed by atoms with Crippen molar-refractivity contribution in [2.24, 2.45) is 0 Å². The van der Waals surface area contributed by atoms with Gasteiger partial charge >= 0.3 is 0 Å². The lowest BCUT2D eigenvalue weighted by Gasteiger charge is -2.26. The molecule has 1 aliphatic rings. The predicted octanol–water partition coefficient (Wildman–Crippen LogP) is 4.46. The largest absolute Gasteiger partial charge is 0.342 e. The van der Waals surface area contributed by atoms with Crippen LogP contribution in [-0.4, -0.2) is 39.6 Å². The number of hydrogen-bond donors (Lipinski definition) is 0. The minimum absolute atomic E-state index is 0.213. The van der Waals surface area contributed by atoms with Gasteiger partial charge in [-0.3, -0.25) is 4.79 Å². The van der Waals surface area contributed by atoms with Gasteiger partial charge in [0.25, 0.3) is 0 Å². The van der Waals surface area contributed by atoms with Crippen LogP contribution in [0.15, 0.2) is 46.8 Å². The van der Waals surface area contributed by atoms with Gasteiger partial charge in [-0.1, -0.05) is 36.0 Å². The lowest BCUT2D eigenvalue weighted by Crippen LogP contribution is -2.36. The second-order valence-electron chi connectivity index (χ2n) is 6.08.